The second-order valence-electron chi connectivity index (χ2n) is 5.35. The first kappa shape index (κ1) is 14.6. The molecule has 0 aliphatic carbocycles. The van der Waals surface area contributed by atoms with Crippen molar-refractivity contribution in [1.82, 2.24) is 9.97 Å². The fourth-order valence-corrected chi connectivity index (χ4v) is 2.68. The van der Waals surface area contributed by atoms with Crippen LogP contribution in [0.3, 0.4) is 0 Å². The largest absolute Gasteiger partial charge is 0.322 e. The average Bonchev–Trinajstić information content (AvgIpc) is 2.61. The van der Waals surface area contributed by atoms with Crippen LogP contribution < -0.4 is 5.32 Å². The molecule has 0 atom stereocenters. The highest BCUT2D eigenvalue weighted by Gasteiger charge is 2.13. The predicted octanol–water partition coefficient (Wildman–Crippen LogP) is 4.69. The fourth-order valence-electron chi connectivity index (χ4n) is 2.56. The van der Waals surface area contributed by atoms with Gasteiger partial charge in [0.15, 0.2) is 0 Å². The molecule has 0 saturated carbocycles. The van der Waals surface area contributed by atoms with Gasteiger partial charge in [0.1, 0.15) is 5.52 Å². The van der Waals surface area contributed by atoms with Crippen molar-refractivity contribution in [2.24, 2.45) is 0 Å². The van der Waals surface area contributed by atoms with Crippen LogP contribution in [0.1, 0.15) is 10.4 Å². The average molecular weight is 334 g/mol. The number of carbonyl (C=O) groups is 1. The number of amides is 1. The molecular weight excluding hydrogens is 322 g/mol. The van der Waals surface area contributed by atoms with Crippen LogP contribution in [0.15, 0.2) is 66.7 Å². The first-order valence-corrected chi connectivity index (χ1v) is 7.81. The molecule has 0 radical (unpaired) electrons. The van der Waals surface area contributed by atoms with Crippen LogP contribution in [0.25, 0.3) is 22.1 Å². The van der Waals surface area contributed by atoms with Gasteiger partial charge in [-0.2, -0.15) is 0 Å². The monoisotopic (exact) mass is 333 g/mol. The van der Waals surface area contributed by atoms with Crippen LogP contribution in [0.4, 0.5) is 5.69 Å². The summed E-state index contributed by atoms with van der Waals surface area (Å²) >= 11 is 5.87. The Balaban J connectivity index is 1.79. The maximum Gasteiger partial charge on any atom is 0.257 e. The van der Waals surface area contributed by atoms with Crippen LogP contribution in [0.5, 0.6) is 0 Å². The van der Waals surface area contributed by atoms with Crippen LogP contribution in [-0.2, 0) is 0 Å². The van der Waals surface area contributed by atoms with Crippen molar-refractivity contribution in [3.63, 3.8) is 0 Å². The zero-order valence-electron chi connectivity index (χ0n) is 12.5. The molecule has 1 aromatic heterocycles. The summed E-state index contributed by atoms with van der Waals surface area (Å²) in [6, 6.07) is 20.0. The number of benzene rings is 3. The molecule has 5 heteroatoms. The van der Waals surface area contributed by atoms with Crippen LogP contribution in [0.2, 0.25) is 5.02 Å². The number of hydrogen-bond donors (Lipinski definition) is 1. The minimum Gasteiger partial charge on any atom is -0.322 e. The third kappa shape index (κ3) is 2.68. The molecule has 0 saturated heterocycles. The van der Waals surface area contributed by atoms with Crippen molar-refractivity contribution >= 4 is 45.3 Å². The molecule has 1 heterocycles. The molecule has 0 aliphatic rings. The van der Waals surface area contributed by atoms with E-state index in [1.54, 1.807) is 30.3 Å². The van der Waals surface area contributed by atoms with E-state index >= 15 is 0 Å². The third-order valence-electron chi connectivity index (χ3n) is 3.72. The summed E-state index contributed by atoms with van der Waals surface area (Å²) in [6.07, 6.45) is 0. The molecule has 4 nitrogen and oxygen atoms in total. The molecule has 0 bridgehead atoms. The molecule has 0 aliphatic heterocycles. The summed E-state index contributed by atoms with van der Waals surface area (Å²) < 4.78 is 0. The summed E-state index contributed by atoms with van der Waals surface area (Å²) in [5.74, 6) is -0.229. The Morgan fingerprint density at radius 2 is 1.46 bits per heavy atom. The van der Waals surface area contributed by atoms with Crippen molar-refractivity contribution in [2.45, 2.75) is 0 Å². The zero-order chi connectivity index (χ0) is 16.5. The zero-order valence-corrected chi connectivity index (χ0v) is 13.3. The number of nitrogens with one attached hydrogen (secondary N) is 1. The second-order valence-corrected chi connectivity index (χ2v) is 5.78. The predicted molar refractivity (Wildman–Crippen MR) is 96.4 cm³/mol. The Morgan fingerprint density at radius 1 is 0.792 bits per heavy atom. The number of nitrogens with zero attached hydrogens (tertiary/aromatic N) is 2. The lowest BCUT2D eigenvalue weighted by atomic mass is 10.1. The molecule has 4 aromatic rings. The summed E-state index contributed by atoms with van der Waals surface area (Å²) in [5.41, 5.74) is 4.01. The Kier molecular flexibility index (Phi) is 3.59. The van der Waals surface area contributed by atoms with Gasteiger partial charge in [-0.25, -0.2) is 9.97 Å². The molecule has 116 valence electrons. The Bertz CT molecular complexity index is 1060. The van der Waals surface area contributed by atoms with Gasteiger partial charge in [-0.1, -0.05) is 29.8 Å². The summed E-state index contributed by atoms with van der Waals surface area (Å²) in [5, 5.41) is 3.48. The summed E-state index contributed by atoms with van der Waals surface area (Å²) in [4.78, 5) is 21.8. The molecule has 3 aromatic carbocycles. The van der Waals surface area contributed by atoms with Crippen LogP contribution in [0, 0.1) is 0 Å². The maximum absolute atomic E-state index is 12.6. The lowest BCUT2D eigenvalue weighted by molar-refractivity contribution is 0.102. The molecule has 24 heavy (non-hydrogen) atoms. The van der Waals surface area contributed by atoms with Gasteiger partial charge < -0.3 is 5.32 Å². The lowest BCUT2D eigenvalue weighted by Gasteiger charge is -2.08. The van der Waals surface area contributed by atoms with Crippen molar-refractivity contribution in [3.8, 4) is 0 Å². The van der Waals surface area contributed by atoms with Crippen molar-refractivity contribution in [1.29, 1.82) is 0 Å². The molecule has 1 N–H and O–H groups in total. The van der Waals surface area contributed by atoms with E-state index in [4.69, 9.17) is 11.6 Å². The number of para-hydroxylation sites is 3. The Hall–Kier alpha value is -2.98. The summed E-state index contributed by atoms with van der Waals surface area (Å²) in [7, 11) is 0. The third-order valence-corrected chi connectivity index (χ3v) is 3.97. The van der Waals surface area contributed by atoms with Gasteiger partial charge in [0.05, 0.1) is 22.1 Å². The van der Waals surface area contributed by atoms with Crippen molar-refractivity contribution < 1.29 is 4.79 Å². The highest BCUT2D eigenvalue weighted by atomic mass is 35.5. The van der Waals surface area contributed by atoms with Gasteiger partial charge in [-0.05, 0) is 48.5 Å². The maximum atomic E-state index is 12.6. The first-order chi connectivity index (χ1) is 11.7. The quantitative estimate of drug-likeness (QED) is 0.541. The smallest absolute Gasteiger partial charge is 0.257 e. The second kappa shape index (κ2) is 5.91. The molecule has 1 amide bonds. The van der Waals surface area contributed by atoms with Crippen LogP contribution >= 0.6 is 11.6 Å². The first-order valence-electron chi connectivity index (χ1n) is 7.43. The Morgan fingerprint density at radius 3 is 2.21 bits per heavy atom. The number of halogens is 1. The van der Waals surface area contributed by atoms with Gasteiger partial charge >= 0.3 is 0 Å². The van der Waals surface area contributed by atoms with Gasteiger partial charge in [0.2, 0.25) is 0 Å². The van der Waals surface area contributed by atoms with E-state index in [1.165, 1.54) is 0 Å². The SMILES string of the molecule is O=C(Nc1ccc(Cl)cc1)c1cccc2nc3ccccc3nc12. The van der Waals surface area contributed by atoms with Crippen LogP contribution in [-0.4, -0.2) is 15.9 Å². The highest BCUT2D eigenvalue weighted by molar-refractivity contribution is 6.30. The number of fused-ring (bicyclic) bond motifs is 2. The summed E-state index contributed by atoms with van der Waals surface area (Å²) in [6.45, 7) is 0. The Labute approximate surface area is 143 Å². The molecule has 0 spiro atoms. The van der Waals surface area contributed by atoms with E-state index in [0.717, 1.165) is 11.0 Å². The molecule has 0 unspecified atom stereocenters. The number of aromatic nitrogens is 2. The molecule has 0 fully saturated rings. The normalized spacial score (nSPS) is 10.9. The topological polar surface area (TPSA) is 54.9 Å². The number of anilines is 1. The molecular formula is C19H12ClN3O. The van der Waals surface area contributed by atoms with Gasteiger partial charge in [-0.3, -0.25) is 4.79 Å². The van der Waals surface area contributed by atoms with Crippen molar-refractivity contribution in [3.05, 3.63) is 77.3 Å². The van der Waals surface area contributed by atoms with E-state index in [9.17, 15) is 4.79 Å². The van der Waals surface area contributed by atoms with Gasteiger partial charge in [-0.15, -0.1) is 0 Å². The fraction of sp³-hybridized carbons (Fsp3) is 0. The number of hydrogen-bond acceptors (Lipinski definition) is 3. The van der Waals surface area contributed by atoms with Gasteiger partial charge in [0.25, 0.3) is 5.91 Å². The van der Waals surface area contributed by atoms with E-state index in [0.29, 0.717) is 27.3 Å². The van der Waals surface area contributed by atoms with E-state index in [-0.39, 0.29) is 5.91 Å². The van der Waals surface area contributed by atoms with E-state index < -0.39 is 0 Å². The number of carbonyl (C=O) groups excluding carboxylic acids is 1. The van der Waals surface area contributed by atoms with Crippen molar-refractivity contribution in [2.75, 3.05) is 5.32 Å². The molecule has 4 rings (SSSR count). The van der Waals surface area contributed by atoms with E-state index in [1.807, 2.05) is 36.4 Å². The standard InChI is InChI=1S/C19H12ClN3O/c20-12-8-10-13(11-9-12)21-19(24)14-4-3-7-17-18(14)23-16-6-2-1-5-15(16)22-17/h1-11H,(H,21,24). The highest BCUT2D eigenvalue weighted by Crippen LogP contribution is 2.21. The van der Waals surface area contributed by atoms with Gasteiger partial charge in [0, 0.05) is 10.7 Å². The van der Waals surface area contributed by atoms with E-state index in [2.05, 4.69) is 15.3 Å². The lowest BCUT2D eigenvalue weighted by Crippen LogP contribution is -2.13. The minimum absolute atomic E-state index is 0.229. The number of rotatable bonds is 2. The minimum atomic E-state index is -0.229.